The van der Waals surface area contributed by atoms with Crippen molar-refractivity contribution in [3.63, 3.8) is 0 Å². The van der Waals surface area contributed by atoms with Gasteiger partial charge < -0.3 is 9.51 Å². The summed E-state index contributed by atoms with van der Waals surface area (Å²) in [4.78, 5) is 31.7. The van der Waals surface area contributed by atoms with E-state index in [2.05, 4.69) is 15.1 Å². The second kappa shape index (κ2) is 9.92. The van der Waals surface area contributed by atoms with Crippen molar-refractivity contribution in [2.45, 2.75) is 36.6 Å². The molecule has 0 aliphatic rings. The van der Waals surface area contributed by atoms with Gasteiger partial charge in [0.15, 0.2) is 5.82 Å². The van der Waals surface area contributed by atoms with Crippen LogP contribution in [-0.2, 0) is 24.7 Å². The van der Waals surface area contributed by atoms with Gasteiger partial charge in [-0.15, -0.1) is 0 Å². The van der Waals surface area contributed by atoms with Crippen molar-refractivity contribution in [3.8, 4) is 11.5 Å². The third-order valence-corrected chi connectivity index (χ3v) is 6.30. The molecular weight excluding hydrogens is 526 g/mol. The second-order valence-corrected chi connectivity index (χ2v) is 8.85. The molecule has 2 aromatic carbocycles. The number of thioether (sulfide) groups is 1. The van der Waals surface area contributed by atoms with Crippen LogP contribution >= 0.6 is 11.8 Å². The van der Waals surface area contributed by atoms with Crippen molar-refractivity contribution < 1.29 is 30.9 Å². The molecule has 2 heterocycles. The van der Waals surface area contributed by atoms with Gasteiger partial charge in [0.25, 0.3) is 11.4 Å². The van der Waals surface area contributed by atoms with E-state index in [-0.39, 0.29) is 34.8 Å². The number of halogens is 6. The second-order valence-electron chi connectivity index (χ2n) is 7.86. The van der Waals surface area contributed by atoms with E-state index >= 15 is 0 Å². The molecule has 2 aromatic heterocycles. The zero-order valence-corrected chi connectivity index (χ0v) is 19.6. The summed E-state index contributed by atoms with van der Waals surface area (Å²) >= 11 is 0.953. The summed E-state index contributed by atoms with van der Waals surface area (Å²) in [7, 11) is 0. The number of alkyl halides is 6. The van der Waals surface area contributed by atoms with E-state index in [1.807, 2.05) is 0 Å². The highest BCUT2D eigenvalue weighted by Crippen LogP contribution is 2.38. The summed E-state index contributed by atoms with van der Waals surface area (Å²) in [5.41, 5.74) is -3.79. The first-order chi connectivity index (χ1) is 17.3. The van der Waals surface area contributed by atoms with Gasteiger partial charge in [-0.2, -0.15) is 31.3 Å². The average molecular weight is 542 g/mol. The van der Waals surface area contributed by atoms with Gasteiger partial charge in [0.05, 0.1) is 28.5 Å². The van der Waals surface area contributed by atoms with Crippen molar-refractivity contribution in [3.05, 3.63) is 97.4 Å². The molecule has 0 aliphatic heterocycles. The van der Waals surface area contributed by atoms with Crippen LogP contribution in [0, 0.1) is 6.92 Å². The maximum Gasteiger partial charge on any atom is 0.416 e. The van der Waals surface area contributed by atoms with Gasteiger partial charge in [0.2, 0.25) is 0 Å². The monoisotopic (exact) mass is 542 g/mol. The van der Waals surface area contributed by atoms with Crippen LogP contribution in [0.25, 0.3) is 11.5 Å². The molecule has 0 saturated heterocycles. The molecule has 194 valence electrons. The highest BCUT2D eigenvalue weighted by molar-refractivity contribution is 7.98. The zero-order valence-electron chi connectivity index (χ0n) is 18.8. The van der Waals surface area contributed by atoms with Gasteiger partial charge in [0.1, 0.15) is 0 Å². The van der Waals surface area contributed by atoms with E-state index in [0.717, 1.165) is 21.9 Å². The maximum atomic E-state index is 13.1. The lowest BCUT2D eigenvalue weighted by molar-refractivity contribution is -0.143. The standard InChI is InChI=1S/C23H16F6N4O3S/c1-12-19(31-21(35)33(20(12)34)10-13-5-3-2-4-6-13)37-11-17-30-18(36-32-17)14-7-15(22(24,25)26)9-16(8-14)23(27,28)29/h2-9H,10-11H2,1H3,(H,31,35). The fourth-order valence-corrected chi connectivity index (χ4v) is 4.20. The molecule has 0 aliphatic carbocycles. The number of nitrogens with one attached hydrogen (secondary N) is 1. The van der Waals surface area contributed by atoms with E-state index in [9.17, 15) is 35.9 Å². The summed E-state index contributed by atoms with van der Waals surface area (Å²) in [6.45, 7) is 1.57. The predicted molar refractivity (Wildman–Crippen MR) is 121 cm³/mol. The van der Waals surface area contributed by atoms with Gasteiger partial charge in [-0.3, -0.25) is 9.36 Å². The topological polar surface area (TPSA) is 93.8 Å². The Morgan fingerprint density at radius 2 is 1.59 bits per heavy atom. The molecule has 0 saturated carbocycles. The number of aromatic amines is 1. The van der Waals surface area contributed by atoms with Crippen molar-refractivity contribution >= 4 is 11.8 Å². The van der Waals surface area contributed by atoms with E-state index < -0.39 is 46.2 Å². The summed E-state index contributed by atoms with van der Waals surface area (Å²) in [6, 6.07) is 9.83. The van der Waals surface area contributed by atoms with Crippen LogP contribution in [0.1, 0.15) is 28.1 Å². The van der Waals surface area contributed by atoms with Crippen LogP contribution in [0.2, 0.25) is 0 Å². The molecule has 0 unspecified atom stereocenters. The lowest BCUT2D eigenvalue weighted by Gasteiger charge is -2.12. The number of H-pyrrole nitrogens is 1. The normalized spacial score (nSPS) is 12.2. The van der Waals surface area contributed by atoms with Crippen LogP contribution in [0.3, 0.4) is 0 Å². The number of benzene rings is 2. The highest BCUT2D eigenvalue weighted by Gasteiger charge is 2.37. The minimum atomic E-state index is -5.03. The van der Waals surface area contributed by atoms with Crippen molar-refractivity contribution in [2.24, 2.45) is 0 Å². The summed E-state index contributed by atoms with van der Waals surface area (Å²) in [5.74, 6) is -0.705. The van der Waals surface area contributed by atoms with Crippen molar-refractivity contribution in [2.75, 3.05) is 0 Å². The largest absolute Gasteiger partial charge is 0.416 e. The Bertz CT molecular complexity index is 1510. The fourth-order valence-electron chi connectivity index (χ4n) is 3.35. The molecule has 0 spiro atoms. The molecule has 0 fully saturated rings. The number of rotatable bonds is 6. The van der Waals surface area contributed by atoms with Gasteiger partial charge in [0, 0.05) is 11.1 Å². The molecule has 37 heavy (non-hydrogen) atoms. The van der Waals surface area contributed by atoms with Gasteiger partial charge >= 0.3 is 18.0 Å². The van der Waals surface area contributed by atoms with Crippen LogP contribution in [-0.4, -0.2) is 19.7 Å². The van der Waals surface area contributed by atoms with Gasteiger partial charge in [-0.1, -0.05) is 47.3 Å². The van der Waals surface area contributed by atoms with Crippen molar-refractivity contribution in [1.29, 1.82) is 0 Å². The maximum absolute atomic E-state index is 13.1. The van der Waals surface area contributed by atoms with Crippen LogP contribution < -0.4 is 11.2 Å². The minimum absolute atomic E-state index is 0.00423. The highest BCUT2D eigenvalue weighted by atomic mass is 32.2. The number of hydrogen-bond donors (Lipinski definition) is 1. The number of hydrogen-bond acceptors (Lipinski definition) is 6. The van der Waals surface area contributed by atoms with Gasteiger partial charge in [-0.05, 0) is 30.7 Å². The van der Waals surface area contributed by atoms with Gasteiger partial charge in [-0.25, -0.2) is 4.79 Å². The molecule has 0 bridgehead atoms. The lowest BCUT2D eigenvalue weighted by atomic mass is 10.0. The molecule has 4 rings (SSSR count). The Morgan fingerprint density at radius 3 is 2.19 bits per heavy atom. The Hall–Kier alpha value is -3.81. The first-order valence-electron chi connectivity index (χ1n) is 10.5. The third kappa shape index (κ3) is 5.96. The Morgan fingerprint density at radius 1 is 0.973 bits per heavy atom. The summed E-state index contributed by atoms with van der Waals surface area (Å²) in [6.07, 6.45) is -10.1. The number of nitrogens with zero attached hydrogens (tertiary/aromatic N) is 3. The predicted octanol–water partition coefficient (Wildman–Crippen LogP) is 5.27. The Labute approximate surface area is 208 Å². The molecular formula is C23H16F6N4O3S. The van der Waals surface area contributed by atoms with Crippen LogP contribution in [0.4, 0.5) is 26.3 Å². The molecule has 0 radical (unpaired) electrons. The summed E-state index contributed by atoms with van der Waals surface area (Å²) < 4.78 is 84.7. The fraction of sp³-hybridized carbons (Fsp3) is 0.217. The smallest absolute Gasteiger partial charge is 0.334 e. The molecule has 7 nitrogen and oxygen atoms in total. The Kier molecular flexibility index (Phi) is 7.04. The zero-order chi connectivity index (χ0) is 27.0. The van der Waals surface area contributed by atoms with Crippen LogP contribution in [0.15, 0.2) is 67.7 Å². The van der Waals surface area contributed by atoms with Crippen molar-refractivity contribution in [1.82, 2.24) is 19.7 Å². The molecule has 14 heteroatoms. The first kappa shape index (κ1) is 26.3. The summed E-state index contributed by atoms with van der Waals surface area (Å²) in [5, 5.41) is 3.81. The van der Waals surface area contributed by atoms with E-state index in [0.29, 0.717) is 12.1 Å². The number of aromatic nitrogens is 4. The van der Waals surface area contributed by atoms with E-state index in [1.165, 1.54) is 6.92 Å². The minimum Gasteiger partial charge on any atom is -0.334 e. The lowest BCUT2D eigenvalue weighted by Crippen LogP contribution is -2.37. The SMILES string of the molecule is Cc1c(SCc2noc(-c3cc(C(F)(F)F)cc(C(F)(F)F)c3)n2)[nH]c(=O)n(Cc2ccccc2)c1=O. The molecule has 4 aromatic rings. The molecule has 0 atom stereocenters. The molecule has 1 N–H and O–H groups in total. The average Bonchev–Trinajstić information content (AvgIpc) is 3.32. The Balaban J connectivity index is 1.57. The third-order valence-electron chi connectivity index (χ3n) is 5.20. The van der Waals surface area contributed by atoms with E-state index in [1.54, 1.807) is 30.3 Å². The molecule has 0 amide bonds. The van der Waals surface area contributed by atoms with E-state index in [4.69, 9.17) is 4.52 Å². The quantitative estimate of drug-likeness (QED) is 0.203. The van der Waals surface area contributed by atoms with Crippen LogP contribution in [0.5, 0.6) is 0 Å². The first-order valence-corrected chi connectivity index (χ1v) is 11.4.